The van der Waals surface area contributed by atoms with Gasteiger partial charge in [-0.3, -0.25) is 4.79 Å². The van der Waals surface area contributed by atoms with Crippen molar-refractivity contribution in [1.82, 2.24) is 0 Å². The Kier molecular flexibility index (Phi) is 4.45. The van der Waals surface area contributed by atoms with Crippen LogP contribution in [0.25, 0.3) is 11.0 Å². The van der Waals surface area contributed by atoms with Crippen LogP contribution >= 0.6 is 0 Å². The maximum absolute atomic E-state index is 12.5. The van der Waals surface area contributed by atoms with Crippen LogP contribution in [0.15, 0.2) is 45.6 Å². The topological polar surface area (TPSA) is 56.5 Å². The third kappa shape index (κ3) is 3.48. The molecule has 3 aromatic rings. The molecule has 0 aliphatic rings. The molecule has 0 fully saturated rings. The van der Waals surface area contributed by atoms with Gasteiger partial charge < -0.3 is 9.15 Å². The highest BCUT2D eigenvalue weighted by molar-refractivity contribution is 6.00. The van der Waals surface area contributed by atoms with Crippen molar-refractivity contribution >= 4 is 16.8 Å². The molecule has 1 heterocycles. The number of carbonyl (C=O) groups excluding carboxylic acids is 1. The minimum Gasteiger partial charge on any atom is -0.485 e. The van der Waals surface area contributed by atoms with Gasteiger partial charge in [-0.25, -0.2) is 4.79 Å². The SMILES string of the molecule is Cc1cc(C)c(C(=O)COc2ccc3c(C)cc(=O)oc3c2)c(C)c1. The lowest BCUT2D eigenvalue weighted by atomic mass is 9.97. The Bertz CT molecular complexity index is 1000. The van der Waals surface area contributed by atoms with E-state index in [4.69, 9.17) is 9.15 Å². The molecular formula is C21H20O4. The van der Waals surface area contributed by atoms with E-state index in [1.807, 2.05) is 45.9 Å². The minimum atomic E-state index is -0.399. The summed E-state index contributed by atoms with van der Waals surface area (Å²) in [5.41, 5.74) is 4.64. The standard InChI is InChI=1S/C21H20O4/c1-12-7-14(3)21(15(4)8-12)18(22)11-24-16-5-6-17-13(2)9-20(23)25-19(17)10-16/h5-10H,11H2,1-4H3. The first-order chi connectivity index (χ1) is 11.8. The van der Waals surface area contributed by atoms with Crippen LogP contribution < -0.4 is 10.4 Å². The monoisotopic (exact) mass is 336 g/mol. The normalized spacial score (nSPS) is 10.9. The molecule has 0 aliphatic carbocycles. The number of benzene rings is 2. The van der Waals surface area contributed by atoms with Gasteiger partial charge in [0.2, 0.25) is 5.78 Å². The second-order valence-electron chi connectivity index (χ2n) is 6.39. The average molecular weight is 336 g/mol. The molecule has 0 radical (unpaired) electrons. The zero-order valence-corrected chi connectivity index (χ0v) is 14.8. The zero-order chi connectivity index (χ0) is 18.1. The van der Waals surface area contributed by atoms with Crippen LogP contribution in [-0.2, 0) is 0 Å². The fraction of sp³-hybridized carbons (Fsp3) is 0.238. The molecule has 0 bridgehead atoms. The molecule has 2 aromatic carbocycles. The molecule has 0 aliphatic heterocycles. The summed E-state index contributed by atoms with van der Waals surface area (Å²) < 4.78 is 10.8. The molecule has 0 unspecified atom stereocenters. The van der Waals surface area contributed by atoms with E-state index in [1.54, 1.807) is 12.1 Å². The molecule has 0 amide bonds. The van der Waals surface area contributed by atoms with Crippen LogP contribution in [0.3, 0.4) is 0 Å². The van der Waals surface area contributed by atoms with Crippen molar-refractivity contribution in [3.63, 3.8) is 0 Å². The molecule has 4 nitrogen and oxygen atoms in total. The highest BCUT2D eigenvalue weighted by Crippen LogP contribution is 2.23. The van der Waals surface area contributed by atoms with Crippen molar-refractivity contribution in [2.75, 3.05) is 6.61 Å². The number of hydrogen-bond acceptors (Lipinski definition) is 4. The summed E-state index contributed by atoms with van der Waals surface area (Å²) in [6.07, 6.45) is 0. The van der Waals surface area contributed by atoms with Crippen LogP contribution in [0, 0.1) is 27.7 Å². The lowest BCUT2D eigenvalue weighted by Gasteiger charge is -2.11. The van der Waals surface area contributed by atoms with Gasteiger partial charge in [0.25, 0.3) is 0 Å². The van der Waals surface area contributed by atoms with Crippen molar-refractivity contribution in [2.24, 2.45) is 0 Å². The maximum atomic E-state index is 12.5. The summed E-state index contributed by atoms with van der Waals surface area (Å²) in [4.78, 5) is 24.1. The van der Waals surface area contributed by atoms with Gasteiger partial charge in [0.1, 0.15) is 11.3 Å². The molecule has 3 rings (SSSR count). The smallest absolute Gasteiger partial charge is 0.336 e. The molecule has 25 heavy (non-hydrogen) atoms. The number of rotatable bonds is 4. The van der Waals surface area contributed by atoms with Crippen LogP contribution in [0.5, 0.6) is 5.75 Å². The molecule has 0 atom stereocenters. The molecule has 0 N–H and O–H groups in total. The van der Waals surface area contributed by atoms with Gasteiger partial charge in [-0.05, 0) is 56.5 Å². The van der Waals surface area contributed by atoms with E-state index in [1.165, 1.54) is 6.07 Å². The van der Waals surface area contributed by atoms with Gasteiger partial charge in [0.15, 0.2) is 6.61 Å². The van der Waals surface area contributed by atoms with Crippen molar-refractivity contribution < 1.29 is 13.9 Å². The largest absolute Gasteiger partial charge is 0.485 e. The van der Waals surface area contributed by atoms with Crippen LogP contribution in [0.2, 0.25) is 0 Å². The summed E-state index contributed by atoms with van der Waals surface area (Å²) in [6.45, 7) is 7.66. The third-order valence-electron chi connectivity index (χ3n) is 4.25. The lowest BCUT2D eigenvalue weighted by Crippen LogP contribution is -2.14. The van der Waals surface area contributed by atoms with Gasteiger partial charge in [-0.2, -0.15) is 0 Å². The number of aryl methyl sites for hydroxylation is 4. The number of Topliss-reactive ketones (excluding diaryl/α,β-unsaturated/α-hetero) is 1. The second kappa shape index (κ2) is 6.55. The van der Waals surface area contributed by atoms with Gasteiger partial charge >= 0.3 is 5.63 Å². The van der Waals surface area contributed by atoms with E-state index in [9.17, 15) is 9.59 Å². The Morgan fingerprint density at radius 2 is 1.64 bits per heavy atom. The average Bonchev–Trinajstić information content (AvgIpc) is 2.51. The van der Waals surface area contributed by atoms with Crippen LogP contribution in [-0.4, -0.2) is 12.4 Å². The van der Waals surface area contributed by atoms with Gasteiger partial charge in [-0.1, -0.05) is 17.7 Å². The summed E-state index contributed by atoms with van der Waals surface area (Å²) in [6, 6.07) is 10.7. The molecule has 4 heteroatoms. The Hall–Kier alpha value is -2.88. The third-order valence-corrected chi connectivity index (χ3v) is 4.25. The predicted molar refractivity (Wildman–Crippen MR) is 97.7 cm³/mol. The fourth-order valence-electron chi connectivity index (χ4n) is 3.24. The summed E-state index contributed by atoms with van der Waals surface area (Å²) >= 11 is 0. The molecule has 128 valence electrons. The summed E-state index contributed by atoms with van der Waals surface area (Å²) in [7, 11) is 0. The number of ketones is 1. The van der Waals surface area contributed by atoms with E-state index in [2.05, 4.69) is 0 Å². The maximum Gasteiger partial charge on any atom is 0.336 e. The Morgan fingerprint density at radius 1 is 0.960 bits per heavy atom. The van der Waals surface area contributed by atoms with Crippen LogP contribution in [0.1, 0.15) is 32.6 Å². The minimum absolute atomic E-state index is 0.0632. The molecule has 0 spiro atoms. The highest BCUT2D eigenvalue weighted by atomic mass is 16.5. The van der Waals surface area contributed by atoms with E-state index in [0.717, 1.165) is 27.6 Å². The zero-order valence-electron chi connectivity index (χ0n) is 14.8. The van der Waals surface area contributed by atoms with Gasteiger partial charge in [0.05, 0.1) is 0 Å². The second-order valence-corrected chi connectivity index (χ2v) is 6.39. The van der Waals surface area contributed by atoms with Crippen LogP contribution in [0.4, 0.5) is 0 Å². The predicted octanol–water partition coefficient (Wildman–Crippen LogP) is 4.29. The quantitative estimate of drug-likeness (QED) is 0.527. The first-order valence-corrected chi connectivity index (χ1v) is 8.13. The molecular weight excluding hydrogens is 316 g/mol. The van der Waals surface area contributed by atoms with Crippen molar-refractivity contribution in [2.45, 2.75) is 27.7 Å². The molecule has 1 aromatic heterocycles. The van der Waals surface area contributed by atoms with E-state index < -0.39 is 5.63 Å². The van der Waals surface area contributed by atoms with E-state index in [-0.39, 0.29) is 12.4 Å². The lowest BCUT2D eigenvalue weighted by molar-refractivity contribution is 0.0920. The van der Waals surface area contributed by atoms with Gasteiger partial charge in [0, 0.05) is 23.1 Å². The van der Waals surface area contributed by atoms with Crippen molar-refractivity contribution in [3.8, 4) is 5.75 Å². The fourth-order valence-corrected chi connectivity index (χ4v) is 3.24. The van der Waals surface area contributed by atoms with Crippen molar-refractivity contribution in [1.29, 1.82) is 0 Å². The Labute approximate surface area is 146 Å². The highest BCUT2D eigenvalue weighted by Gasteiger charge is 2.14. The number of hydrogen-bond donors (Lipinski definition) is 0. The first-order valence-electron chi connectivity index (χ1n) is 8.13. The summed E-state index contributed by atoms with van der Waals surface area (Å²) in [5, 5.41) is 0.850. The number of carbonyl (C=O) groups is 1. The Morgan fingerprint density at radius 3 is 2.32 bits per heavy atom. The van der Waals surface area contributed by atoms with Gasteiger partial charge in [-0.15, -0.1) is 0 Å². The van der Waals surface area contributed by atoms with Crippen molar-refractivity contribution in [3.05, 3.63) is 74.6 Å². The molecule has 0 saturated heterocycles. The summed E-state index contributed by atoms with van der Waals surface area (Å²) in [5.74, 6) is 0.429. The number of fused-ring (bicyclic) bond motifs is 1. The number of ether oxygens (including phenoxy) is 1. The first kappa shape index (κ1) is 17.0. The van der Waals surface area contributed by atoms with E-state index >= 15 is 0 Å². The van der Waals surface area contributed by atoms with E-state index in [0.29, 0.717) is 16.9 Å². The Balaban J connectivity index is 1.83. The molecule has 0 saturated carbocycles.